The summed E-state index contributed by atoms with van der Waals surface area (Å²) in [5.41, 5.74) is 0.644. The number of carbonyl (C=O) groups is 2. The summed E-state index contributed by atoms with van der Waals surface area (Å²) in [6.45, 7) is 1.14. The van der Waals surface area contributed by atoms with E-state index in [0.29, 0.717) is 18.8 Å². The Bertz CT molecular complexity index is 906. The normalized spacial score (nSPS) is 16.9. The van der Waals surface area contributed by atoms with Crippen LogP contribution in [-0.4, -0.2) is 44.3 Å². The van der Waals surface area contributed by atoms with Crippen LogP contribution in [0.5, 0.6) is 0 Å². The van der Waals surface area contributed by atoms with E-state index in [9.17, 15) is 9.59 Å². The lowest BCUT2D eigenvalue weighted by Gasteiger charge is -2.31. The minimum absolute atomic E-state index is 0.00820. The van der Waals surface area contributed by atoms with E-state index in [1.807, 2.05) is 35.8 Å². The Hall–Kier alpha value is -3.00. The first-order valence-corrected chi connectivity index (χ1v) is 9.67. The predicted octanol–water partition coefficient (Wildman–Crippen LogP) is 2.82. The van der Waals surface area contributed by atoms with Crippen molar-refractivity contribution in [3.05, 3.63) is 59.4 Å². The molecule has 138 valence electrons. The molecule has 0 saturated carbocycles. The topological polar surface area (TPSA) is 80.1 Å². The van der Waals surface area contributed by atoms with Crippen molar-refractivity contribution >= 4 is 28.8 Å². The predicted molar refractivity (Wildman–Crippen MR) is 103 cm³/mol. The van der Waals surface area contributed by atoms with Crippen LogP contribution in [0.1, 0.15) is 22.5 Å². The van der Waals surface area contributed by atoms with E-state index in [0.717, 1.165) is 23.5 Å². The average molecular weight is 381 g/mol. The minimum atomic E-state index is -0.212. The van der Waals surface area contributed by atoms with E-state index in [1.165, 1.54) is 11.3 Å². The van der Waals surface area contributed by atoms with Gasteiger partial charge in [-0.1, -0.05) is 6.07 Å². The van der Waals surface area contributed by atoms with Crippen LogP contribution in [-0.2, 0) is 4.79 Å². The number of hydrogen-bond acceptors (Lipinski definition) is 5. The number of piperidine rings is 1. The SMILES string of the molecule is O=C(Nc1ccc(-n2ccnc2)nc1)C1CCCN(C(=O)c2cccs2)C1. The van der Waals surface area contributed by atoms with Gasteiger partial charge in [0.05, 0.1) is 22.7 Å². The third-order valence-electron chi connectivity index (χ3n) is 4.60. The number of thiophene rings is 1. The zero-order valence-corrected chi connectivity index (χ0v) is 15.4. The van der Waals surface area contributed by atoms with Crippen molar-refractivity contribution in [2.45, 2.75) is 12.8 Å². The Kier molecular flexibility index (Phi) is 4.97. The van der Waals surface area contributed by atoms with Crippen molar-refractivity contribution in [2.75, 3.05) is 18.4 Å². The van der Waals surface area contributed by atoms with Gasteiger partial charge in [0.2, 0.25) is 5.91 Å². The number of imidazole rings is 1. The molecule has 0 aliphatic carbocycles. The van der Waals surface area contributed by atoms with Crippen molar-refractivity contribution in [3.63, 3.8) is 0 Å². The van der Waals surface area contributed by atoms with Crippen LogP contribution in [0.15, 0.2) is 54.6 Å². The fraction of sp³-hybridized carbons (Fsp3) is 0.263. The summed E-state index contributed by atoms with van der Waals surface area (Å²) in [5, 5.41) is 4.81. The number of anilines is 1. The molecule has 7 nitrogen and oxygen atoms in total. The highest BCUT2D eigenvalue weighted by Gasteiger charge is 2.29. The zero-order chi connectivity index (χ0) is 18.6. The molecule has 1 N–H and O–H groups in total. The summed E-state index contributed by atoms with van der Waals surface area (Å²) in [7, 11) is 0. The molecule has 0 bridgehead atoms. The van der Waals surface area contributed by atoms with Gasteiger partial charge in [-0.2, -0.15) is 0 Å². The standard InChI is InChI=1S/C19H19N5O2S/c25-18(22-15-5-6-17(21-11-15)24-9-7-20-13-24)14-3-1-8-23(12-14)19(26)16-4-2-10-27-16/h2,4-7,9-11,13-14H,1,3,8,12H2,(H,22,25). The second-order valence-corrected chi connectivity index (χ2v) is 7.38. The Labute approximate surface area is 160 Å². The van der Waals surface area contributed by atoms with Crippen LogP contribution in [0, 0.1) is 5.92 Å². The Morgan fingerprint density at radius 2 is 2.19 bits per heavy atom. The maximum atomic E-state index is 12.6. The Morgan fingerprint density at radius 3 is 2.89 bits per heavy atom. The molecule has 8 heteroatoms. The zero-order valence-electron chi connectivity index (χ0n) is 14.6. The molecule has 1 saturated heterocycles. The molecular weight excluding hydrogens is 362 g/mol. The van der Waals surface area contributed by atoms with Gasteiger partial charge in [0.15, 0.2) is 0 Å². The largest absolute Gasteiger partial charge is 0.337 e. The smallest absolute Gasteiger partial charge is 0.263 e. The number of aromatic nitrogens is 3. The van der Waals surface area contributed by atoms with Crippen LogP contribution >= 0.6 is 11.3 Å². The van der Waals surface area contributed by atoms with Gasteiger partial charge >= 0.3 is 0 Å². The van der Waals surface area contributed by atoms with E-state index in [-0.39, 0.29) is 17.7 Å². The molecule has 0 radical (unpaired) electrons. The summed E-state index contributed by atoms with van der Waals surface area (Å²) < 4.78 is 1.79. The molecule has 1 fully saturated rings. The number of amides is 2. The van der Waals surface area contributed by atoms with Gasteiger partial charge in [0.1, 0.15) is 12.1 Å². The number of nitrogens with zero attached hydrogens (tertiary/aromatic N) is 4. The van der Waals surface area contributed by atoms with Crippen molar-refractivity contribution in [2.24, 2.45) is 5.92 Å². The third-order valence-corrected chi connectivity index (χ3v) is 5.45. The first-order chi connectivity index (χ1) is 13.2. The lowest BCUT2D eigenvalue weighted by atomic mass is 9.97. The van der Waals surface area contributed by atoms with Gasteiger partial charge in [0.25, 0.3) is 5.91 Å². The summed E-state index contributed by atoms with van der Waals surface area (Å²) in [6, 6.07) is 7.33. The molecule has 0 spiro atoms. The lowest BCUT2D eigenvalue weighted by molar-refractivity contribution is -0.121. The molecule has 1 aliphatic rings. The molecule has 1 aliphatic heterocycles. The van der Waals surface area contributed by atoms with Crippen molar-refractivity contribution in [1.82, 2.24) is 19.4 Å². The second-order valence-electron chi connectivity index (χ2n) is 6.43. The number of likely N-dealkylation sites (tertiary alicyclic amines) is 1. The lowest BCUT2D eigenvalue weighted by Crippen LogP contribution is -2.43. The summed E-state index contributed by atoms with van der Waals surface area (Å²) in [6.07, 6.45) is 8.39. The second kappa shape index (κ2) is 7.71. The van der Waals surface area contributed by atoms with Gasteiger partial charge < -0.3 is 10.2 Å². The molecule has 0 aromatic carbocycles. The summed E-state index contributed by atoms with van der Waals surface area (Å²) >= 11 is 1.43. The highest BCUT2D eigenvalue weighted by molar-refractivity contribution is 7.12. The fourth-order valence-corrected chi connectivity index (χ4v) is 3.87. The molecule has 4 heterocycles. The van der Waals surface area contributed by atoms with Crippen molar-refractivity contribution in [1.29, 1.82) is 0 Å². The van der Waals surface area contributed by atoms with Crippen molar-refractivity contribution < 1.29 is 9.59 Å². The molecule has 4 rings (SSSR count). The molecule has 3 aromatic rings. The van der Waals surface area contributed by atoms with E-state index in [1.54, 1.807) is 28.2 Å². The van der Waals surface area contributed by atoms with E-state index in [4.69, 9.17) is 0 Å². The highest BCUT2D eigenvalue weighted by Crippen LogP contribution is 2.22. The molecule has 3 aromatic heterocycles. The maximum Gasteiger partial charge on any atom is 0.263 e. The first-order valence-electron chi connectivity index (χ1n) is 8.79. The van der Waals surface area contributed by atoms with E-state index >= 15 is 0 Å². The quantitative estimate of drug-likeness (QED) is 0.754. The van der Waals surface area contributed by atoms with Crippen LogP contribution < -0.4 is 5.32 Å². The van der Waals surface area contributed by atoms with Gasteiger partial charge in [-0.3, -0.25) is 14.2 Å². The Morgan fingerprint density at radius 1 is 1.26 bits per heavy atom. The molecule has 27 heavy (non-hydrogen) atoms. The summed E-state index contributed by atoms with van der Waals surface area (Å²) in [5.74, 6) is 0.455. The van der Waals surface area contributed by atoms with Gasteiger partial charge in [-0.25, -0.2) is 9.97 Å². The monoisotopic (exact) mass is 381 g/mol. The van der Waals surface area contributed by atoms with Crippen molar-refractivity contribution in [3.8, 4) is 5.82 Å². The van der Waals surface area contributed by atoms with Crippen LogP contribution in [0.2, 0.25) is 0 Å². The maximum absolute atomic E-state index is 12.6. The van der Waals surface area contributed by atoms with Crippen LogP contribution in [0.25, 0.3) is 5.82 Å². The number of nitrogens with one attached hydrogen (secondary N) is 1. The number of hydrogen-bond donors (Lipinski definition) is 1. The third kappa shape index (κ3) is 3.90. The Balaban J connectivity index is 1.38. The minimum Gasteiger partial charge on any atom is -0.337 e. The van der Waals surface area contributed by atoms with E-state index in [2.05, 4.69) is 15.3 Å². The number of carbonyl (C=O) groups excluding carboxylic acids is 2. The van der Waals surface area contributed by atoms with Gasteiger partial charge in [0, 0.05) is 25.5 Å². The molecule has 1 atom stereocenters. The first kappa shape index (κ1) is 17.4. The average Bonchev–Trinajstić information content (AvgIpc) is 3.42. The molecule has 1 unspecified atom stereocenters. The van der Waals surface area contributed by atoms with Crippen LogP contribution in [0.3, 0.4) is 0 Å². The molecular formula is C19H19N5O2S. The molecule has 2 amide bonds. The van der Waals surface area contributed by atoms with E-state index < -0.39 is 0 Å². The van der Waals surface area contributed by atoms with Crippen LogP contribution in [0.4, 0.5) is 5.69 Å². The number of pyridine rings is 1. The highest BCUT2D eigenvalue weighted by atomic mass is 32.1. The number of rotatable bonds is 4. The van der Waals surface area contributed by atoms with Gasteiger partial charge in [-0.05, 0) is 36.4 Å². The van der Waals surface area contributed by atoms with Gasteiger partial charge in [-0.15, -0.1) is 11.3 Å². The fourth-order valence-electron chi connectivity index (χ4n) is 3.18. The summed E-state index contributed by atoms with van der Waals surface area (Å²) in [4.78, 5) is 36.0.